The molecule has 1 heterocycles. The molecule has 4 saturated carbocycles. The highest BCUT2D eigenvalue weighted by Gasteiger charge is 2.50. The number of hydrogen-bond donors (Lipinski definition) is 2. The number of nitrogens with one attached hydrogen (secondary N) is 2. The van der Waals surface area contributed by atoms with Crippen molar-refractivity contribution < 1.29 is 4.79 Å². The van der Waals surface area contributed by atoms with E-state index in [0.29, 0.717) is 11.9 Å². The van der Waals surface area contributed by atoms with Crippen LogP contribution in [0, 0.1) is 29.1 Å². The van der Waals surface area contributed by atoms with Crippen LogP contribution in [0.4, 0.5) is 0 Å². The molecule has 1 saturated heterocycles. The normalized spacial score (nSPS) is 48.3. The number of piperidine rings is 1. The highest BCUT2D eigenvalue weighted by Crippen LogP contribution is 2.53. The van der Waals surface area contributed by atoms with Crippen LogP contribution in [0.1, 0.15) is 58.3 Å². The lowest BCUT2D eigenvalue weighted by atomic mass is 9.54. The van der Waals surface area contributed by atoms with Crippen molar-refractivity contribution in [3.63, 3.8) is 0 Å². The Hall–Kier alpha value is -0.570. The van der Waals surface area contributed by atoms with Crippen LogP contribution in [-0.4, -0.2) is 25.0 Å². The maximum absolute atomic E-state index is 13.0. The van der Waals surface area contributed by atoms with Crippen molar-refractivity contribution in [1.29, 1.82) is 0 Å². The fourth-order valence-corrected chi connectivity index (χ4v) is 6.09. The summed E-state index contributed by atoms with van der Waals surface area (Å²) < 4.78 is 0. The van der Waals surface area contributed by atoms with Gasteiger partial charge in [0.05, 0.1) is 5.41 Å². The van der Waals surface area contributed by atoms with E-state index in [1.165, 1.54) is 32.1 Å². The molecule has 4 bridgehead atoms. The lowest BCUT2D eigenvalue weighted by Gasteiger charge is -2.55. The molecule has 21 heavy (non-hydrogen) atoms. The summed E-state index contributed by atoms with van der Waals surface area (Å²) in [5, 5.41) is 6.99. The van der Waals surface area contributed by atoms with Crippen LogP contribution >= 0.6 is 0 Å². The predicted octanol–water partition coefficient (Wildman–Crippen LogP) is 2.71. The Balaban J connectivity index is 1.46. The summed E-state index contributed by atoms with van der Waals surface area (Å²) in [5.41, 5.74) is -0.132. The molecule has 0 spiro atoms. The molecule has 1 aliphatic heterocycles. The van der Waals surface area contributed by atoms with Gasteiger partial charge in [-0.1, -0.05) is 6.92 Å². The molecule has 1 atom stereocenters. The van der Waals surface area contributed by atoms with Gasteiger partial charge >= 0.3 is 0 Å². The van der Waals surface area contributed by atoms with Crippen LogP contribution in [0.5, 0.6) is 0 Å². The third-order valence-electron chi connectivity index (χ3n) is 7.16. The Labute approximate surface area is 128 Å². The highest BCUT2D eigenvalue weighted by molar-refractivity contribution is 5.83. The second kappa shape index (κ2) is 5.26. The summed E-state index contributed by atoms with van der Waals surface area (Å²) in [5.74, 6) is 3.90. The molecule has 5 aliphatic rings. The number of carbonyl (C=O) groups is 1. The lowest BCUT2D eigenvalue weighted by Crippen LogP contribution is -2.60. The van der Waals surface area contributed by atoms with E-state index < -0.39 is 0 Å². The van der Waals surface area contributed by atoms with Gasteiger partial charge in [-0.25, -0.2) is 0 Å². The summed E-state index contributed by atoms with van der Waals surface area (Å²) in [7, 11) is 0. The number of amides is 1. The van der Waals surface area contributed by atoms with Gasteiger partial charge in [0.2, 0.25) is 5.91 Å². The molecular formula is C18H30N2O. The van der Waals surface area contributed by atoms with Gasteiger partial charge in [-0.2, -0.15) is 0 Å². The zero-order chi connectivity index (χ0) is 14.4. The van der Waals surface area contributed by atoms with Crippen molar-refractivity contribution in [2.45, 2.75) is 64.3 Å². The smallest absolute Gasteiger partial charge is 0.227 e. The lowest BCUT2D eigenvalue weighted by molar-refractivity contribution is -0.136. The molecule has 0 radical (unpaired) electrons. The summed E-state index contributed by atoms with van der Waals surface area (Å²) >= 11 is 0. The van der Waals surface area contributed by atoms with Gasteiger partial charge in [-0.05, 0) is 81.6 Å². The number of rotatable bonds is 3. The summed E-state index contributed by atoms with van der Waals surface area (Å²) in [6, 6.07) is 0.496. The molecule has 3 nitrogen and oxygen atoms in total. The molecule has 0 aromatic heterocycles. The average molecular weight is 290 g/mol. The van der Waals surface area contributed by atoms with Crippen LogP contribution in [-0.2, 0) is 4.79 Å². The monoisotopic (exact) mass is 290 g/mol. The summed E-state index contributed by atoms with van der Waals surface area (Å²) in [6.07, 6.45) is 10.2. The Bertz CT molecular complexity index is 385. The first-order chi connectivity index (χ1) is 10.2. The second-order valence-corrected chi connectivity index (χ2v) is 8.34. The van der Waals surface area contributed by atoms with E-state index in [2.05, 4.69) is 17.6 Å². The van der Waals surface area contributed by atoms with Crippen molar-refractivity contribution in [1.82, 2.24) is 10.6 Å². The zero-order valence-electron chi connectivity index (χ0n) is 13.4. The van der Waals surface area contributed by atoms with E-state index in [1.54, 1.807) is 0 Å². The molecule has 3 heteroatoms. The van der Waals surface area contributed by atoms with Gasteiger partial charge in [0.15, 0.2) is 0 Å². The largest absolute Gasteiger partial charge is 0.352 e. The van der Waals surface area contributed by atoms with Gasteiger partial charge in [0.25, 0.3) is 0 Å². The van der Waals surface area contributed by atoms with Gasteiger partial charge in [0, 0.05) is 12.6 Å². The van der Waals surface area contributed by atoms with Crippen molar-refractivity contribution in [2.75, 3.05) is 13.1 Å². The minimum absolute atomic E-state index is 0.132. The minimum atomic E-state index is -0.132. The molecule has 4 aliphatic carbocycles. The van der Waals surface area contributed by atoms with Crippen LogP contribution < -0.4 is 10.6 Å². The standard InChI is InChI=1S/C18H30N2O/c1-2-18(4-3-5-19-11-18)17(21)20-16-14-7-12-6-13(9-14)10-15(16)8-12/h12-16,19H,2-11H2,1H3,(H,20,21). The van der Waals surface area contributed by atoms with Crippen molar-refractivity contribution in [3.05, 3.63) is 0 Å². The Morgan fingerprint density at radius 1 is 1.14 bits per heavy atom. The maximum Gasteiger partial charge on any atom is 0.227 e. The molecular weight excluding hydrogens is 260 g/mol. The van der Waals surface area contributed by atoms with Crippen LogP contribution in [0.2, 0.25) is 0 Å². The van der Waals surface area contributed by atoms with E-state index in [-0.39, 0.29) is 5.41 Å². The van der Waals surface area contributed by atoms with Crippen LogP contribution in [0.3, 0.4) is 0 Å². The fourth-order valence-electron chi connectivity index (χ4n) is 6.09. The first-order valence-corrected chi connectivity index (χ1v) is 9.22. The highest BCUT2D eigenvalue weighted by atomic mass is 16.2. The zero-order valence-corrected chi connectivity index (χ0v) is 13.4. The van der Waals surface area contributed by atoms with Gasteiger partial charge < -0.3 is 10.6 Å². The van der Waals surface area contributed by atoms with Crippen molar-refractivity contribution in [2.24, 2.45) is 29.1 Å². The van der Waals surface area contributed by atoms with E-state index in [0.717, 1.165) is 56.0 Å². The van der Waals surface area contributed by atoms with E-state index in [4.69, 9.17) is 0 Å². The van der Waals surface area contributed by atoms with Gasteiger partial charge in [0.1, 0.15) is 0 Å². The topological polar surface area (TPSA) is 41.1 Å². The Kier molecular flexibility index (Phi) is 3.52. The molecule has 0 aromatic rings. The quantitative estimate of drug-likeness (QED) is 0.839. The fraction of sp³-hybridized carbons (Fsp3) is 0.944. The van der Waals surface area contributed by atoms with Crippen molar-refractivity contribution in [3.8, 4) is 0 Å². The molecule has 118 valence electrons. The first-order valence-electron chi connectivity index (χ1n) is 9.22. The molecule has 5 fully saturated rings. The second-order valence-electron chi connectivity index (χ2n) is 8.34. The summed E-state index contributed by atoms with van der Waals surface area (Å²) in [6.45, 7) is 4.14. The van der Waals surface area contributed by atoms with Crippen LogP contribution in [0.15, 0.2) is 0 Å². The average Bonchev–Trinajstić information content (AvgIpc) is 2.50. The van der Waals surface area contributed by atoms with Gasteiger partial charge in [-0.3, -0.25) is 4.79 Å². The van der Waals surface area contributed by atoms with Gasteiger partial charge in [-0.15, -0.1) is 0 Å². The molecule has 1 unspecified atom stereocenters. The van der Waals surface area contributed by atoms with Crippen LogP contribution in [0.25, 0.3) is 0 Å². The summed E-state index contributed by atoms with van der Waals surface area (Å²) in [4.78, 5) is 13.0. The Morgan fingerprint density at radius 3 is 2.33 bits per heavy atom. The van der Waals surface area contributed by atoms with Crippen molar-refractivity contribution >= 4 is 5.91 Å². The minimum Gasteiger partial charge on any atom is -0.352 e. The first kappa shape index (κ1) is 14.0. The maximum atomic E-state index is 13.0. The SMILES string of the molecule is CCC1(C(=O)NC2C3CC4CC(C3)CC2C4)CCCNC1. The number of hydrogen-bond acceptors (Lipinski definition) is 2. The molecule has 5 rings (SSSR count). The molecule has 2 N–H and O–H groups in total. The third kappa shape index (κ3) is 2.32. The van der Waals surface area contributed by atoms with E-state index in [9.17, 15) is 4.79 Å². The predicted molar refractivity (Wildman–Crippen MR) is 83.8 cm³/mol. The van der Waals surface area contributed by atoms with E-state index in [1.807, 2.05) is 0 Å². The third-order valence-corrected chi connectivity index (χ3v) is 7.16. The molecule has 1 amide bonds. The number of carbonyl (C=O) groups excluding carboxylic acids is 1. The van der Waals surface area contributed by atoms with E-state index >= 15 is 0 Å². The molecule has 0 aromatic carbocycles. The Morgan fingerprint density at radius 2 is 1.81 bits per heavy atom.